The average molecular weight is 390 g/mol. The van der Waals surface area contributed by atoms with Gasteiger partial charge in [0.05, 0.1) is 0 Å². The number of nitrogens with zero attached hydrogens (tertiary/aromatic N) is 2. The zero-order valence-corrected chi connectivity index (χ0v) is 16.5. The average Bonchev–Trinajstić information content (AvgIpc) is 2.63. The molecule has 4 rings (SSSR count). The van der Waals surface area contributed by atoms with Gasteiger partial charge >= 0.3 is 0 Å². The fourth-order valence-corrected chi connectivity index (χ4v) is 5.10. The van der Waals surface area contributed by atoms with E-state index in [1.807, 2.05) is 23.1 Å². The summed E-state index contributed by atoms with van der Waals surface area (Å²) in [6, 6.07) is 8.41. The molecule has 1 saturated heterocycles. The summed E-state index contributed by atoms with van der Waals surface area (Å²) >= 11 is 6.19. The third kappa shape index (κ3) is 3.47. The third-order valence-corrected chi connectivity index (χ3v) is 7.18. The normalized spacial score (nSPS) is 29.8. The van der Waals surface area contributed by atoms with Gasteiger partial charge in [-0.25, -0.2) is 0 Å². The van der Waals surface area contributed by atoms with Gasteiger partial charge in [0.2, 0.25) is 11.8 Å². The molecule has 3 aliphatic rings. The molecule has 1 aromatic carbocycles. The first-order valence-electron chi connectivity index (χ1n) is 10.1. The molecule has 2 aliphatic carbocycles. The number of rotatable bonds is 4. The van der Waals surface area contributed by atoms with E-state index in [1.165, 1.54) is 12.0 Å². The number of piperazine rings is 1. The molecule has 0 spiro atoms. The van der Waals surface area contributed by atoms with Gasteiger partial charge in [-0.05, 0) is 62.6 Å². The molecule has 0 bridgehead atoms. The quantitative estimate of drug-likeness (QED) is 0.860. The zero-order chi connectivity index (χ0) is 19.0. The lowest BCUT2D eigenvalue weighted by atomic mass is 9.68. The van der Waals surface area contributed by atoms with E-state index in [0.29, 0.717) is 12.6 Å². The van der Waals surface area contributed by atoms with Crippen LogP contribution >= 0.6 is 11.6 Å². The van der Waals surface area contributed by atoms with Crippen molar-refractivity contribution in [3.05, 3.63) is 34.9 Å². The second kappa shape index (κ2) is 7.44. The Hall–Kier alpha value is -1.59. The van der Waals surface area contributed by atoms with Gasteiger partial charge in [0.15, 0.2) is 0 Å². The molecule has 146 valence electrons. The van der Waals surface area contributed by atoms with Crippen molar-refractivity contribution in [2.75, 3.05) is 19.6 Å². The second-order valence-electron chi connectivity index (χ2n) is 8.35. The molecule has 1 aliphatic heterocycles. The number of amides is 2. The van der Waals surface area contributed by atoms with E-state index in [1.54, 1.807) is 4.90 Å². The first kappa shape index (κ1) is 18.8. The van der Waals surface area contributed by atoms with Crippen LogP contribution in [0.1, 0.15) is 50.5 Å². The van der Waals surface area contributed by atoms with Crippen molar-refractivity contribution in [1.29, 1.82) is 0 Å². The summed E-state index contributed by atoms with van der Waals surface area (Å²) in [5.41, 5.74) is 7.29. The summed E-state index contributed by atoms with van der Waals surface area (Å²) in [5, 5.41) is 0.732. The molecule has 0 radical (unpaired) electrons. The summed E-state index contributed by atoms with van der Waals surface area (Å²) in [6.45, 7) is 1.07. The predicted octanol–water partition coefficient (Wildman–Crippen LogP) is 2.70. The Bertz CT molecular complexity index is 726. The molecule has 27 heavy (non-hydrogen) atoms. The van der Waals surface area contributed by atoms with Gasteiger partial charge in [0.1, 0.15) is 13.1 Å². The van der Waals surface area contributed by atoms with Crippen LogP contribution in [0, 0.1) is 0 Å². The topological polar surface area (TPSA) is 66.6 Å². The number of halogens is 1. The fourth-order valence-electron chi connectivity index (χ4n) is 4.91. The number of carbonyl (C=O) groups is 2. The van der Waals surface area contributed by atoms with Crippen molar-refractivity contribution in [3.8, 4) is 0 Å². The minimum absolute atomic E-state index is 0.0811. The minimum atomic E-state index is -0.0811. The summed E-state index contributed by atoms with van der Waals surface area (Å²) < 4.78 is 0. The molecule has 1 aromatic rings. The van der Waals surface area contributed by atoms with Crippen LogP contribution in [0.4, 0.5) is 0 Å². The van der Waals surface area contributed by atoms with E-state index in [4.69, 9.17) is 17.3 Å². The predicted molar refractivity (Wildman–Crippen MR) is 106 cm³/mol. The van der Waals surface area contributed by atoms with Crippen LogP contribution in [0.2, 0.25) is 5.02 Å². The zero-order valence-electron chi connectivity index (χ0n) is 15.7. The maximum absolute atomic E-state index is 12.7. The lowest BCUT2D eigenvalue weighted by Crippen LogP contribution is -2.61. The van der Waals surface area contributed by atoms with Crippen molar-refractivity contribution < 1.29 is 9.59 Å². The van der Waals surface area contributed by atoms with Gasteiger partial charge in [0, 0.05) is 29.1 Å². The van der Waals surface area contributed by atoms with E-state index >= 15 is 0 Å². The van der Waals surface area contributed by atoms with Gasteiger partial charge in [-0.1, -0.05) is 23.7 Å². The maximum atomic E-state index is 12.7. The van der Waals surface area contributed by atoms with Crippen molar-refractivity contribution in [3.63, 3.8) is 0 Å². The van der Waals surface area contributed by atoms with Crippen LogP contribution in [0.25, 0.3) is 0 Å². The molecule has 0 atom stereocenters. The molecular weight excluding hydrogens is 362 g/mol. The van der Waals surface area contributed by atoms with Gasteiger partial charge in [-0.3, -0.25) is 9.59 Å². The highest BCUT2D eigenvalue weighted by molar-refractivity contribution is 6.30. The lowest BCUT2D eigenvalue weighted by molar-refractivity contribution is -0.156. The van der Waals surface area contributed by atoms with Crippen molar-refractivity contribution in [1.82, 2.24) is 9.80 Å². The number of hydrogen-bond donors (Lipinski definition) is 1. The van der Waals surface area contributed by atoms with E-state index in [9.17, 15) is 9.59 Å². The van der Waals surface area contributed by atoms with Gasteiger partial charge in [-0.15, -0.1) is 0 Å². The molecule has 1 heterocycles. The standard InChI is InChI=1S/C21H28ClN3O2/c22-16-4-1-3-15(11-16)21(14-23)9-7-18(8-10-21)25-13-19(26)24(12-20(25)27)17-5-2-6-17/h1,3-4,11,17-18H,2,5-10,12-14,23H2/t18-,21-. The van der Waals surface area contributed by atoms with Crippen molar-refractivity contribution in [2.45, 2.75) is 62.4 Å². The highest BCUT2D eigenvalue weighted by atomic mass is 35.5. The van der Waals surface area contributed by atoms with E-state index < -0.39 is 0 Å². The van der Waals surface area contributed by atoms with Crippen LogP contribution in [0.3, 0.4) is 0 Å². The smallest absolute Gasteiger partial charge is 0.242 e. The Kier molecular flexibility index (Phi) is 5.17. The monoisotopic (exact) mass is 389 g/mol. The molecule has 2 saturated carbocycles. The lowest BCUT2D eigenvalue weighted by Gasteiger charge is -2.47. The molecule has 2 amide bonds. The Morgan fingerprint density at radius 2 is 1.59 bits per heavy atom. The third-order valence-electron chi connectivity index (χ3n) is 6.95. The van der Waals surface area contributed by atoms with Crippen LogP contribution < -0.4 is 5.73 Å². The highest BCUT2D eigenvalue weighted by Gasteiger charge is 2.42. The number of nitrogens with two attached hydrogens (primary N) is 1. The fraction of sp³-hybridized carbons (Fsp3) is 0.619. The second-order valence-corrected chi connectivity index (χ2v) is 8.79. The molecule has 5 nitrogen and oxygen atoms in total. The first-order chi connectivity index (χ1) is 13.0. The maximum Gasteiger partial charge on any atom is 0.242 e. The van der Waals surface area contributed by atoms with Crippen LogP contribution in [-0.4, -0.2) is 53.3 Å². The molecule has 0 aromatic heterocycles. The number of carbonyl (C=O) groups excluding carboxylic acids is 2. The van der Waals surface area contributed by atoms with Crippen molar-refractivity contribution in [2.24, 2.45) is 5.73 Å². The summed E-state index contributed by atoms with van der Waals surface area (Å²) in [6.07, 6.45) is 6.85. The Labute approximate surface area is 165 Å². The molecule has 0 unspecified atom stereocenters. The Balaban J connectivity index is 1.42. The van der Waals surface area contributed by atoms with Crippen LogP contribution in [0.15, 0.2) is 24.3 Å². The number of hydrogen-bond acceptors (Lipinski definition) is 3. The summed E-state index contributed by atoms with van der Waals surface area (Å²) in [5.74, 6) is 0.222. The van der Waals surface area contributed by atoms with E-state index in [2.05, 4.69) is 6.07 Å². The van der Waals surface area contributed by atoms with Gasteiger partial charge in [0.25, 0.3) is 0 Å². The minimum Gasteiger partial charge on any atom is -0.330 e. The Morgan fingerprint density at radius 1 is 1.00 bits per heavy atom. The first-order valence-corrected chi connectivity index (χ1v) is 10.5. The van der Waals surface area contributed by atoms with E-state index in [-0.39, 0.29) is 36.4 Å². The molecule has 2 N–H and O–H groups in total. The van der Waals surface area contributed by atoms with Gasteiger partial charge < -0.3 is 15.5 Å². The van der Waals surface area contributed by atoms with E-state index in [0.717, 1.165) is 43.5 Å². The molecule has 6 heteroatoms. The molecular formula is C21H28ClN3O2. The van der Waals surface area contributed by atoms with Gasteiger partial charge in [-0.2, -0.15) is 0 Å². The summed E-state index contributed by atoms with van der Waals surface area (Å²) in [7, 11) is 0. The SMILES string of the molecule is NC[C@]1(c2cccc(Cl)c2)CC[C@H](N2CC(=O)N(C3CCC3)CC2=O)CC1. The number of benzene rings is 1. The van der Waals surface area contributed by atoms with Crippen LogP contribution in [0.5, 0.6) is 0 Å². The molecule has 3 fully saturated rings. The largest absolute Gasteiger partial charge is 0.330 e. The highest BCUT2D eigenvalue weighted by Crippen LogP contribution is 2.41. The summed E-state index contributed by atoms with van der Waals surface area (Å²) in [4.78, 5) is 28.9. The van der Waals surface area contributed by atoms with Crippen LogP contribution in [-0.2, 0) is 15.0 Å². The van der Waals surface area contributed by atoms with Crippen molar-refractivity contribution >= 4 is 23.4 Å². The Morgan fingerprint density at radius 3 is 2.07 bits per heavy atom.